The summed E-state index contributed by atoms with van der Waals surface area (Å²) in [5.41, 5.74) is -0.244. The second kappa shape index (κ2) is 4.47. The van der Waals surface area contributed by atoms with E-state index in [1.165, 1.54) is 6.07 Å². The molecule has 88 valence electrons. The third-order valence-corrected chi connectivity index (χ3v) is 1.97. The van der Waals surface area contributed by atoms with Crippen LogP contribution in [-0.2, 0) is 5.41 Å². The zero-order chi connectivity index (χ0) is 12.3. The molecule has 0 fully saturated rings. The molecule has 0 aliphatic heterocycles. The number of aromatic nitrogens is 2. The average molecular weight is 223 g/mol. The number of aromatic carboxylic acids is 1. The molecule has 5 heteroatoms. The van der Waals surface area contributed by atoms with Crippen molar-refractivity contribution in [1.82, 2.24) is 9.97 Å². The van der Waals surface area contributed by atoms with Crippen molar-refractivity contribution in [2.24, 2.45) is 0 Å². The summed E-state index contributed by atoms with van der Waals surface area (Å²) >= 11 is 0. The molecule has 16 heavy (non-hydrogen) atoms. The number of carboxylic acids is 1. The van der Waals surface area contributed by atoms with Crippen LogP contribution in [0.5, 0.6) is 0 Å². The Morgan fingerprint density at radius 3 is 2.50 bits per heavy atom. The van der Waals surface area contributed by atoms with Crippen LogP contribution in [0.1, 0.15) is 44.0 Å². The first kappa shape index (κ1) is 12.4. The normalized spacial score (nSPS) is 11.2. The number of carboxylic acid groups (broad SMARTS) is 1. The Balaban J connectivity index is 3.24. The minimum absolute atomic E-state index is 0.0240. The molecule has 0 aliphatic carbocycles. The molecule has 1 heterocycles. The van der Waals surface area contributed by atoms with Crippen molar-refractivity contribution in [2.45, 2.75) is 33.1 Å². The molecule has 5 nitrogen and oxygen atoms in total. The molecule has 0 atom stereocenters. The third kappa shape index (κ3) is 2.92. The van der Waals surface area contributed by atoms with Gasteiger partial charge in [0.15, 0.2) is 5.69 Å². The fourth-order valence-corrected chi connectivity index (χ4v) is 1.16. The maximum Gasteiger partial charge on any atom is 0.354 e. The third-order valence-electron chi connectivity index (χ3n) is 1.97. The predicted octanol–water partition coefficient (Wildman–Crippen LogP) is 1.90. The van der Waals surface area contributed by atoms with Crippen molar-refractivity contribution in [2.75, 3.05) is 11.9 Å². The van der Waals surface area contributed by atoms with Gasteiger partial charge in [-0.25, -0.2) is 14.8 Å². The highest BCUT2D eigenvalue weighted by Gasteiger charge is 2.20. The summed E-state index contributed by atoms with van der Waals surface area (Å²) in [6, 6.07) is 1.45. The standard InChI is InChI=1S/C11H17N3O2/c1-5-12-8-6-7(9(15)16)13-10(14-8)11(2,3)4/h6H,5H2,1-4H3,(H,15,16)(H,12,13,14). The van der Waals surface area contributed by atoms with E-state index in [0.717, 1.165) is 0 Å². The van der Waals surface area contributed by atoms with Crippen molar-refractivity contribution in [3.05, 3.63) is 17.6 Å². The highest BCUT2D eigenvalue weighted by molar-refractivity contribution is 5.86. The molecular weight excluding hydrogens is 206 g/mol. The van der Waals surface area contributed by atoms with E-state index in [2.05, 4.69) is 15.3 Å². The molecular formula is C11H17N3O2. The second-order valence-corrected chi connectivity index (χ2v) is 4.55. The summed E-state index contributed by atoms with van der Waals surface area (Å²) in [6.45, 7) is 8.47. The Bertz CT molecular complexity index is 397. The van der Waals surface area contributed by atoms with Gasteiger partial charge in [-0.3, -0.25) is 0 Å². The Morgan fingerprint density at radius 1 is 1.44 bits per heavy atom. The van der Waals surface area contributed by atoms with E-state index in [1.54, 1.807) is 0 Å². The van der Waals surface area contributed by atoms with E-state index in [4.69, 9.17) is 5.11 Å². The van der Waals surface area contributed by atoms with E-state index < -0.39 is 5.97 Å². The van der Waals surface area contributed by atoms with Crippen molar-refractivity contribution < 1.29 is 9.90 Å². The zero-order valence-electron chi connectivity index (χ0n) is 10.0. The van der Waals surface area contributed by atoms with Crippen LogP contribution in [0, 0.1) is 0 Å². The molecule has 1 aromatic rings. The largest absolute Gasteiger partial charge is 0.477 e. The molecule has 1 rings (SSSR count). The van der Waals surface area contributed by atoms with Crippen LogP contribution in [0.2, 0.25) is 0 Å². The SMILES string of the molecule is CCNc1cc(C(=O)O)nc(C(C)(C)C)n1. The average Bonchev–Trinajstić information content (AvgIpc) is 2.16. The van der Waals surface area contributed by atoms with Gasteiger partial charge in [0.1, 0.15) is 11.6 Å². The van der Waals surface area contributed by atoms with Gasteiger partial charge in [-0.15, -0.1) is 0 Å². The Morgan fingerprint density at radius 2 is 2.06 bits per heavy atom. The Kier molecular flexibility index (Phi) is 3.47. The van der Waals surface area contributed by atoms with Crippen LogP contribution in [0.4, 0.5) is 5.82 Å². The van der Waals surface area contributed by atoms with Crippen LogP contribution >= 0.6 is 0 Å². The summed E-state index contributed by atoms with van der Waals surface area (Å²) in [6.07, 6.45) is 0. The molecule has 0 radical (unpaired) electrons. The lowest BCUT2D eigenvalue weighted by Crippen LogP contribution is -2.19. The molecule has 0 aromatic carbocycles. The lowest BCUT2D eigenvalue weighted by Gasteiger charge is -2.17. The molecule has 0 amide bonds. The summed E-state index contributed by atoms with van der Waals surface area (Å²) in [4.78, 5) is 19.2. The van der Waals surface area contributed by atoms with Crippen molar-refractivity contribution in [3.63, 3.8) is 0 Å². The van der Waals surface area contributed by atoms with Gasteiger partial charge in [-0.1, -0.05) is 20.8 Å². The van der Waals surface area contributed by atoms with E-state index >= 15 is 0 Å². The van der Waals surface area contributed by atoms with Crippen molar-refractivity contribution in [3.8, 4) is 0 Å². The number of hydrogen-bond donors (Lipinski definition) is 2. The number of anilines is 1. The van der Waals surface area contributed by atoms with Gasteiger partial charge in [0.2, 0.25) is 0 Å². The lowest BCUT2D eigenvalue weighted by molar-refractivity contribution is 0.0689. The zero-order valence-corrected chi connectivity index (χ0v) is 10.0. The molecule has 0 aliphatic rings. The molecule has 1 aromatic heterocycles. The highest BCUT2D eigenvalue weighted by Crippen LogP contribution is 2.20. The second-order valence-electron chi connectivity index (χ2n) is 4.55. The number of nitrogens with zero attached hydrogens (tertiary/aromatic N) is 2. The van der Waals surface area contributed by atoms with E-state index in [0.29, 0.717) is 18.2 Å². The number of carbonyl (C=O) groups is 1. The van der Waals surface area contributed by atoms with E-state index in [1.807, 2.05) is 27.7 Å². The van der Waals surface area contributed by atoms with Gasteiger partial charge in [-0.05, 0) is 6.92 Å². The van der Waals surface area contributed by atoms with Crippen LogP contribution < -0.4 is 5.32 Å². The van der Waals surface area contributed by atoms with Gasteiger partial charge in [0.25, 0.3) is 0 Å². The Hall–Kier alpha value is -1.65. The van der Waals surface area contributed by atoms with Gasteiger partial charge < -0.3 is 10.4 Å². The highest BCUT2D eigenvalue weighted by atomic mass is 16.4. The minimum Gasteiger partial charge on any atom is -0.477 e. The summed E-state index contributed by atoms with van der Waals surface area (Å²) in [5, 5.41) is 12.0. The molecule has 0 saturated heterocycles. The topological polar surface area (TPSA) is 75.1 Å². The van der Waals surface area contributed by atoms with Crippen LogP contribution in [-0.4, -0.2) is 27.6 Å². The fourth-order valence-electron chi connectivity index (χ4n) is 1.16. The smallest absolute Gasteiger partial charge is 0.354 e. The van der Waals surface area contributed by atoms with Gasteiger partial charge >= 0.3 is 5.97 Å². The maximum atomic E-state index is 10.9. The summed E-state index contributed by atoms with van der Waals surface area (Å²) in [5.74, 6) is 0.0511. The minimum atomic E-state index is -1.04. The fraction of sp³-hybridized carbons (Fsp3) is 0.545. The maximum absolute atomic E-state index is 10.9. The molecule has 0 spiro atoms. The van der Waals surface area contributed by atoms with Crippen LogP contribution in [0.25, 0.3) is 0 Å². The lowest BCUT2D eigenvalue weighted by atomic mass is 9.95. The molecule has 0 unspecified atom stereocenters. The number of rotatable bonds is 3. The quantitative estimate of drug-likeness (QED) is 0.818. The van der Waals surface area contributed by atoms with Gasteiger partial charge in [0, 0.05) is 18.0 Å². The van der Waals surface area contributed by atoms with E-state index in [9.17, 15) is 4.79 Å². The Labute approximate surface area is 94.9 Å². The van der Waals surface area contributed by atoms with Gasteiger partial charge in [0.05, 0.1) is 0 Å². The van der Waals surface area contributed by atoms with Crippen molar-refractivity contribution >= 4 is 11.8 Å². The van der Waals surface area contributed by atoms with Gasteiger partial charge in [-0.2, -0.15) is 0 Å². The predicted molar refractivity (Wildman–Crippen MR) is 61.9 cm³/mol. The molecule has 0 saturated carbocycles. The first-order chi connectivity index (χ1) is 7.34. The monoisotopic (exact) mass is 223 g/mol. The van der Waals surface area contributed by atoms with Crippen LogP contribution in [0.15, 0.2) is 6.07 Å². The molecule has 2 N–H and O–H groups in total. The van der Waals surface area contributed by atoms with E-state index in [-0.39, 0.29) is 11.1 Å². The number of hydrogen-bond acceptors (Lipinski definition) is 4. The van der Waals surface area contributed by atoms with Crippen molar-refractivity contribution in [1.29, 1.82) is 0 Å². The summed E-state index contributed by atoms with van der Waals surface area (Å²) in [7, 11) is 0. The first-order valence-corrected chi connectivity index (χ1v) is 5.21. The summed E-state index contributed by atoms with van der Waals surface area (Å²) < 4.78 is 0. The van der Waals surface area contributed by atoms with Crippen LogP contribution in [0.3, 0.4) is 0 Å². The molecule has 0 bridgehead atoms. The first-order valence-electron chi connectivity index (χ1n) is 5.21. The number of nitrogens with one attached hydrogen (secondary N) is 1.